The summed E-state index contributed by atoms with van der Waals surface area (Å²) in [5.74, 6) is 0.915. The van der Waals surface area contributed by atoms with Gasteiger partial charge in [0.2, 0.25) is 5.95 Å². The smallest absolute Gasteiger partial charge is 0.407 e. The molecule has 12 nitrogen and oxygen atoms in total. The topological polar surface area (TPSA) is 139 Å². The first kappa shape index (κ1) is 30.2. The Morgan fingerprint density at radius 3 is 2.59 bits per heavy atom. The van der Waals surface area contributed by atoms with Gasteiger partial charge in [-0.25, -0.2) is 24.1 Å². The van der Waals surface area contributed by atoms with Crippen LogP contribution in [-0.2, 0) is 16.9 Å². The zero-order valence-corrected chi connectivity index (χ0v) is 24.7. The number of rotatable bonds is 10. The van der Waals surface area contributed by atoms with Crippen molar-refractivity contribution in [1.82, 2.24) is 34.5 Å². The molecule has 1 aliphatic heterocycles. The van der Waals surface area contributed by atoms with Crippen molar-refractivity contribution >= 4 is 23.1 Å². The number of alkyl carbamates (subject to hydrolysis) is 1. The van der Waals surface area contributed by atoms with Crippen LogP contribution in [0.25, 0.3) is 16.9 Å². The van der Waals surface area contributed by atoms with Gasteiger partial charge >= 0.3 is 6.09 Å². The van der Waals surface area contributed by atoms with E-state index < -0.39 is 11.2 Å². The van der Waals surface area contributed by atoms with Gasteiger partial charge in [-0.3, -0.25) is 4.79 Å². The van der Waals surface area contributed by atoms with Crippen LogP contribution in [0.3, 0.4) is 0 Å². The predicted octanol–water partition coefficient (Wildman–Crippen LogP) is 3.18. The second-order valence-corrected chi connectivity index (χ2v) is 11.9. The molecule has 0 aliphatic carbocycles. The SMILES string of the molecule is C=CCn1c(=O)c2cnc(NC3CCN(CCCNC(=O)OC(C)(C)C)CC3)nc2n1-c1cccc(C(C)(C)O)n1. The molecule has 4 rings (SSSR count). The molecule has 3 aromatic rings. The predicted molar refractivity (Wildman–Crippen MR) is 158 cm³/mol. The number of amides is 1. The Hall–Kier alpha value is -3.77. The third kappa shape index (κ3) is 7.70. The molecule has 1 aliphatic rings. The van der Waals surface area contributed by atoms with Gasteiger partial charge in [0.1, 0.15) is 16.6 Å². The molecule has 222 valence electrons. The Balaban J connectivity index is 1.42. The van der Waals surface area contributed by atoms with Gasteiger partial charge in [-0.1, -0.05) is 12.1 Å². The molecule has 0 unspecified atom stereocenters. The molecule has 3 N–H and O–H groups in total. The van der Waals surface area contributed by atoms with Crippen molar-refractivity contribution in [2.45, 2.75) is 77.7 Å². The summed E-state index contributed by atoms with van der Waals surface area (Å²) in [4.78, 5) is 41.2. The number of anilines is 1. The molecule has 1 amide bonds. The van der Waals surface area contributed by atoms with Gasteiger partial charge in [-0.05, 0) is 72.6 Å². The van der Waals surface area contributed by atoms with E-state index in [0.29, 0.717) is 35.0 Å². The Morgan fingerprint density at radius 2 is 1.93 bits per heavy atom. The van der Waals surface area contributed by atoms with Gasteiger partial charge < -0.3 is 25.4 Å². The number of carbonyl (C=O) groups is 1. The van der Waals surface area contributed by atoms with Crippen LogP contribution in [0, 0.1) is 0 Å². The molecule has 0 atom stereocenters. The molecule has 0 saturated carbocycles. The largest absolute Gasteiger partial charge is 0.444 e. The molecule has 1 fully saturated rings. The molecule has 41 heavy (non-hydrogen) atoms. The van der Waals surface area contributed by atoms with E-state index in [1.807, 2.05) is 20.8 Å². The highest BCUT2D eigenvalue weighted by atomic mass is 16.6. The molecular weight excluding hydrogens is 524 g/mol. The monoisotopic (exact) mass is 566 g/mol. The first-order valence-electron chi connectivity index (χ1n) is 14.1. The minimum Gasteiger partial charge on any atom is -0.444 e. The summed E-state index contributed by atoms with van der Waals surface area (Å²) in [6.07, 6.45) is 5.49. The summed E-state index contributed by atoms with van der Waals surface area (Å²) in [7, 11) is 0. The Kier molecular flexibility index (Phi) is 9.13. The van der Waals surface area contributed by atoms with Gasteiger partial charge in [0.15, 0.2) is 11.5 Å². The van der Waals surface area contributed by atoms with Gasteiger partial charge in [0.05, 0.1) is 12.2 Å². The number of carbonyl (C=O) groups excluding carboxylic acids is 1. The highest BCUT2D eigenvalue weighted by Crippen LogP contribution is 2.22. The number of hydrogen-bond donors (Lipinski definition) is 3. The van der Waals surface area contributed by atoms with Crippen molar-refractivity contribution in [2.24, 2.45) is 0 Å². The molecule has 4 heterocycles. The molecule has 0 spiro atoms. The number of allylic oxidation sites excluding steroid dienone is 1. The lowest BCUT2D eigenvalue weighted by molar-refractivity contribution is 0.0525. The second-order valence-electron chi connectivity index (χ2n) is 11.9. The molecular formula is C29H42N8O4. The fourth-order valence-electron chi connectivity index (χ4n) is 4.79. The van der Waals surface area contributed by atoms with Crippen molar-refractivity contribution < 1.29 is 14.6 Å². The Morgan fingerprint density at radius 1 is 1.20 bits per heavy atom. The zero-order chi connectivity index (χ0) is 29.8. The Bertz CT molecular complexity index is 1430. The van der Waals surface area contributed by atoms with E-state index in [0.717, 1.165) is 38.9 Å². The number of nitrogens with one attached hydrogen (secondary N) is 2. The fourth-order valence-corrected chi connectivity index (χ4v) is 4.79. The highest BCUT2D eigenvalue weighted by molar-refractivity contribution is 5.76. The maximum Gasteiger partial charge on any atom is 0.407 e. The quantitative estimate of drug-likeness (QED) is 0.249. The number of aromatic nitrogens is 5. The van der Waals surface area contributed by atoms with E-state index in [1.165, 1.54) is 4.68 Å². The summed E-state index contributed by atoms with van der Waals surface area (Å²) >= 11 is 0. The van der Waals surface area contributed by atoms with E-state index in [9.17, 15) is 14.7 Å². The molecule has 0 bridgehead atoms. The number of fused-ring (bicyclic) bond motifs is 1. The van der Waals surface area contributed by atoms with Crippen LogP contribution in [0.1, 0.15) is 59.6 Å². The van der Waals surface area contributed by atoms with Crippen molar-refractivity contribution in [3.8, 4) is 5.82 Å². The van der Waals surface area contributed by atoms with E-state index in [2.05, 4.69) is 32.1 Å². The van der Waals surface area contributed by atoms with Crippen LogP contribution in [0.5, 0.6) is 0 Å². The summed E-state index contributed by atoms with van der Waals surface area (Å²) < 4.78 is 8.46. The summed E-state index contributed by atoms with van der Waals surface area (Å²) in [5, 5.41) is 17.1. The minimum atomic E-state index is -1.15. The number of aliphatic hydroxyl groups is 1. The lowest BCUT2D eigenvalue weighted by Gasteiger charge is -2.32. The van der Waals surface area contributed by atoms with Crippen LogP contribution in [0.2, 0.25) is 0 Å². The number of likely N-dealkylation sites (tertiary alicyclic amines) is 1. The number of ether oxygens (including phenoxy) is 1. The van der Waals surface area contributed by atoms with Crippen molar-refractivity contribution in [2.75, 3.05) is 31.5 Å². The second kappa shape index (κ2) is 12.4. The molecule has 1 saturated heterocycles. The van der Waals surface area contributed by atoms with Crippen molar-refractivity contribution in [1.29, 1.82) is 0 Å². The Labute approximate surface area is 240 Å². The van der Waals surface area contributed by atoms with E-state index >= 15 is 0 Å². The third-order valence-corrected chi connectivity index (χ3v) is 6.80. The summed E-state index contributed by atoms with van der Waals surface area (Å²) in [6, 6.07) is 5.51. The van der Waals surface area contributed by atoms with Crippen LogP contribution in [-0.4, -0.2) is 78.2 Å². The number of pyridine rings is 1. The lowest BCUT2D eigenvalue weighted by Crippen LogP contribution is -2.40. The van der Waals surface area contributed by atoms with Crippen molar-refractivity contribution in [3.63, 3.8) is 0 Å². The normalized spacial score (nSPS) is 15.2. The number of nitrogens with zero attached hydrogens (tertiary/aromatic N) is 6. The van der Waals surface area contributed by atoms with Crippen LogP contribution >= 0.6 is 0 Å². The molecule has 12 heteroatoms. The number of hydrogen-bond acceptors (Lipinski definition) is 9. The lowest BCUT2D eigenvalue weighted by atomic mass is 10.1. The first-order chi connectivity index (χ1) is 19.4. The summed E-state index contributed by atoms with van der Waals surface area (Å²) in [6.45, 7) is 16.2. The van der Waals surface area contributed by atoms with E-state index in [4.69, 9.17) is 9.72 Å². The first-order valence-corrected chi connectivity index (χ1v) is 14.1. The third-order valence-electron chi connectivity index (χ3n) is 6.80. The van der Waals surface area contributed by atoms with Crippen LogP contribution in [0.4, 0.5) is 10.7 Å². The molecule has 3 aromatic heterocycles. The number of piperidine rings is 1. The standard InChI is InChI=1S/C29H42N8O4/c1-7-15-36-25(38)21-19-31-26(34-24(21)37(36)23-11-8-10-22(33-23)29(5,6)40)32-20-12-17-35(18-13-20)16-9-14-30-27(39)41-28(2,3)4/h7-8,10-11,19-20,40H,1,9,12-18H2,2-6H3,(H,30,39)(H,31,32,34). The maximum absolute atomic E-state index is 13.2. The maximum atomic E-state index is 13.2. The van der Waals surface area contributed by atoms with Crippen molar-refractivity contribution in [3.05, 3.63) is 53.1 Å². The molecule has 0 aromatic carbocycles. The molecule has 0 radical (unpaired) electrons. The van der Waals surface area contributed by atoms with E-state index in [1.54, 1.807) is 49.0 Å². The van der Waals surface area contributed by atoms with Gasteiger partial charge in [-0.2, -0.15) is 4.98 Å². The van der Waals surface area contributed by atoms with Gasteiger partial charge in [-0.15, -0.1) is 6.58 Å². The van der Waals surface area contributed by atoms with Crippen LogP contribution in [0.15, 0.2) is 41.8 Å². The van der Waals surface area contributed by atoms with Gasteiger partial charge in [0.25, 0.3) is 5.56 Å². The minimum absolute atomic E-state index is 0.190. The fraction of sp³-hybridized carbons (Fsp3) is 0.552. The zero-order valence-electron chi connectivity index (χ0n) is 24.7. The average molecular weight is 567 g/mol. The highest BCUT2D eigenvalue weighted by Gasteiger charge is 2.24. The van der Waals surface area contributed by atoms with E-state index in [-0.39, 0.29) is 24.2 Å². The average Bonchev–Trinajstić information content (AvgIpc) is 3.17. The van der Waals surface area contributed by atoms with Crippen LogP contribution < -0.4 is 16.2 Å². The summed E-state index contributed by atoms with van der Waals surface area (Å²) in [5.41, 5.74) is -0.970. The van der Waals surface area contributed by atoms with Gasteiger partial charge in [0, 0.05) is 31.9 Å².